The van der Waals surface area contributed by atoms with Gasteiger partial charge in [-0.05, 0) is 61.7 Å². The lowest BCUT2D eigenvalue weighted by Gasteiger charge is -2.11. The lowest BCUT2D eigenvalue weighted by molar-refractivity contribution is -0.145. The summed E-state index contributed by atoms with van der Waals surface area (Å²) in [5.41, 5.74) is 3.07. The zero-order chi connectivity index (χ0) is 22.1. The molecule has 0 aliphatic carbocycles. The highest BCUT2D eigenvalue weighted by Crippen LogP contribution is 2.29. The minimum absolute atomic E-state index is 0.0573. The Balaban J connectivity index is 2.20. The third-order valence-electron chi connectivity index (χ3n) is 4.16. The van der Waals surface area contributed by atoms with Crippen molar-refractivity contribution in [1.82, 2.24) is 0 Å². The topological polar surface area (TPSA) is 97.7 Å². The van der Waals surface area contributed by atoms with Crippen LogP contribution < -0.4 is 14.8 Å². The fourth-order valence-corrected chi connectivity index (χ4v) is 2.61. The Labute approximate surface area is 175 Å². The number of methoxy groups -OCH3 is 1. The number of rotatable bonds is 8. The van der Waals surface area contributed by atoms with E-state index in [0.717, 1.165) is 11.1 Å². The van der Waals surface area contributed by atoms with Crippen LogP contribution in [-0.4, -0.2) is 32.2 Å². The van der Waals surface area contributed by atoms with Gasteiger partial charge in [0.1, 0.15) is 11.6 Å². The van der Waals surface area contributed by atoms with Crippen LogP contribution in [0.5, 0.6) is 11.5 Å². The van der Waals surface area contributed by atoms with Crippen molar-refractivity contribution in [3.05, 3.63) is 58.7 Å². The molecule has 2 aromatic rings. The number of anilines is 1. The number of aryl methyl sites for hydroxylation is 2. The van der Waals surface area contributed by atoms with Crippen LogP contribution in [0.15, 0.2) is 42.0 Å². The van der Waals surface area contributed by atoms with Gasteiger partial charge in [-0.1, -0.05) is 18.2 Å². The predicted octanol–water partition coefficient (Wildman–Crippen LogP) is 3.80. The van der Waals surface area contributed by atoms with Crippen molar-refractivity contribution < 1.29 is 23.8 Å². The van der Waals surface area contributed by atoms with Crippen LogP contribution in [0.2, 0.25) is 0 Å². The summed E-state index contributed by atoms with van der Waals surface area (Å²) in [5, 5.41) is 12.2. The minimum atomic E-state index is -0.507. The Hall–Kier alpha value is -3.79. The van der Waals surface area contributed by atoms with Crippen LogP contribution >= 0.6 is 0 Å². The van der Waals surface area contributed by atoms with E-state index in [4.69, 9.17) is 14.2 Å². The Bertz CT molecular complexity index is 1010. The lowest BCUT2D eigenvalue weighted by Crippen LogP contribution is -2.15. The Morgan fingerprint density at radius 1 is 1.13 bits per heavy atom. The third kappa shape index (κ3) is 6.11. The number of ether oxygens (including phenoxy) is 3. The number of hydrogen-bond acceptors (Lipinski definition) is 6. The summed E-state index contributed by atoms with van der Waals surface area (Å²) in [6, 6.07) is 12.5. The molecule has 0 spiro atoms. The Morgan fingerprint density at radius 2 is 1.90 bits per heavy atom. The summed E-state index contributed by atoms with van der Waals surface area (Å²) >= 11 is 0. The van der Waals surface area contributed by atoms with Crippen molar-refractivity contribution in [3.63, 3.8) is 0 Å². The Kier molecular flexibility index (Phi) is 8.00. The zero-order valence-electron chi connectivity index (χ0n) is 17.4. The highest BCUT2D eigenvalue weighted by atomic mass is 16.6. The number of carbonyl (C=O) groups is 2. The van der Waals surface area contributed by atoms with Crippen LogP contribution in [-0.2, 0) is 14.3 Å². The van der Waals surface area contributed by atoms with Crippen molar-refractivity contribution in [1.29, 1.82) is 5.26 Å². The van der Waals surface area contributed by atoms with Crippen molar-refractivity contribution >= 4 is 23.6 Å². The van der Waals surface area contributed by atoms with Gasteiger partial charge < -0.3 is 19.5 Å². The molecule has 0 aliphatic rings. The number of nitrogens with one attached hydrogen (secondary N) is 1. The molecule has 0 aromatic heterocycles. The van der Waals surface area contributed by atoms with Crippen molar-refractivity contribution in [2.75, 3.05) is 25.6 Å². The molecule has 0 unspecified atom stereocenters. The predicted molar refractivity (Wildman–Crippen MR) is 113 cm³/mol. The molecule has 1 amide bonds. The SMILES string of the molecule is CCOC(=O)COc1ccc(/C=C(\C#N)C(=O)Nc2cc(C)ccc2C)cc1OC. The summed E-state index contributed by atoms with van der Waals surface area (Å²) in [6.45, 7) is 5.53. The van der Waals surface area contributed by atoms with Gasteiger partial charge in [0, 0.05) is 5.69 Å². The monoisotopic (exact) mass is 408 g/mol. The van der Waals surface area contributed by atoms with Crippen LogP contribution in [0, 0.1) is 25.2 Å². The zero-order valence-corrected chi connectivity index (χ0v) is 17.4. The van der Waals surface area contributed by atoms with Gasteiger partial charge in [-0.3, -0.25) is 4.79 Å². The standard InChI is InChI=1S/C23H24N2O5/c1-5-29-22(26)14-30-20-9-8-17(12-21(20)28-4)11-18(13-24)23(27)25-19-10-15(2)6-7-16(19)3/h6-12H,5,14H2,1-4H3,(H,25,27)/b18-11+. The maximum Gasteiger partial charge on any atom is 0.344 e. The number of hydrogen-bond donors (Lipinski definition) is 1. The summed E-state index contributed by atoms with van der Waals surface area (Å²) in [7, 11) is 1.46. The maximum atomic E-state index is 12.6. The van der Waals surface area contributed by atoms with E-state index < -0.39 is 11.9 Å². The maximum absolute atomic E-state index is 12.6. The number of nitrogens with zero attached hydrogens (tertiary/aromatic N) is 1. The van der Waals surface area contributed by atoms with E-state index in [1.54, 1.807) is 25.1 Å². The number of benzene rings is 2. The van der Waals surface area contributed by atoms with Gasteiger partial charge in [0.05, 0.1) is 13.7 Å². The largest absolute Gasteiger partial charge is 0.493 e. The molecule has 0 aliphatic heterocycles. The molecule has 0 saturated heterocycles. The molecule has 2 aromatic carbocycles. The van der Waals surface area contributed by atoms with Gasteiger partial charge in [0.2, 0.25) is 0 Å². The average molecular weight is 408 g/mol. The Morgan fingerprint density at radius 3 is 2.57 bits per heavy atom. The van der Waals surface area contributed by atoms with Gasteiger partial charge in [-0.25, -0.2) is 4.79 Å². The van der Waals surface area contributed by atoms with Gasteiger partial charge in [0.15, 0.2) is 18.1 Å². The highest BCUT2D eigenvalue weighted by molar-refractivity contribution is 6.10. The van der Waals surface area contributed by atoms with Gasteiger partial charge in [0.25, 0.3) is 5.91 Å². The lowest BCUT2D eigenvalue weighted by atomic mass is 10.1. The second kappa shape index (κ2) is 10.7. The van der Waals surface area contributed by atoms with Crippen LogP contribution in [0.1, 0.15) is 23.6 Å². The van der Waals surface area contributed by atoms with Crippen LogP contribution in [0.4, 0.5) is 5.69 Å². The van der Waals surface area contributed by atoms with E-state index in [-0.39, 0.29) is 18.8 Å². The average Bonchev–Trinajstić information content (AvgIpc) is 2.73. The third-order valence-corrected chi connectivity index (χ3v) is 4.16. The molecule has 7 heteroatoms. The molecular weight excluding hydrogens is 384 g/mol. The molecule has 1 N–H and O–H groups in total. The van der Waals surface area contributed by atoms with Crippen molar-refractivity contribution in [2.24, 2.45) is 0 Å². The van der Waals surface area contributed by atoms with E-state index in [1.807, 2.05) is 38.1 Å². The molecule has 0 saturated carbocycles. The van der Waals surface area contributed by atoms with Gasteiger partial charge in [-0.15, -0.1) is 0 Å². The summed E-state index contributed by atoms with van der Waals surface area (Å²) in [5.74, 6) is -0.285. The number of esters is 1. The first-order valence-corrected chi connectivity index (χ1v) is 9.34. The molecule has 0 bridgehead atoms. The summed E-state index contributed by atoms with van der Waals surface area (Å²) in [6.07, 6.45) is 1.46. The van der Waals surface area contributed by atoms with Crippen molar-refractivity contribution in [3.8, 4) is 17.6 Å². The molecule has 0 fully saturated rings. The second-order valence-corrected chi connectivity index (χ2v) is 6.45. The first-order chi connectivity index (χ1) is 14.4. The number of carbonyl (C=O) groups excluding carboxylic acids is 2. The van der Waals surface area contributed by atoms with Crippen LogP contribution in [0.3, 0.4) is 0 Å². The first kappa shape index (κ1) is 22.5. The fourth-order valence-electron chi connectivity index (χ4n) is 2.61. The number of amides is 1. The second-order valence-electron chi connectivity index (χ2n) is 6.45. The molecular formula is C23H24N2O5. The van der Waals surface area contributed by atoms with E-state index in [0.29, 0.717) is 22.7 Å². The molecule has 0 atom stereocenters. The summed E-state index contributed by atoms with van der Waals surface area (Å²) < 4.78 is 15.5. The molecule has 2 rings (SSSR count). The summed E-state index contributed by atoms with van der Waals surface area (Å²) in [4.78, 5) is 24.0. The van der Waals surface area contributed by atoms with E-state index in [1.165, 1.54) is 13.2 Å². The minimum Gasteiger partial charge on any atom is -0.493 e. The molecule has 30 heavy (non-hydrogen) atoms. The van der Waals surface area contributed by atoms with Gasteiger partial charge >= 0.3 is 5.97 Å². The van der Waals surface area contributed by atoms with E-state index in [2.05, 4.69) is 5.32 Å². The normalized spacial score (nSPS) is 10.7. The molecule has 7 nitrogen and oxygen atoms in total. The molecule has 0 radical (unpaired) electrons. The van der Waals surface area contributed by atoms with Crippen molar-refractivity contribution in [2.45, 2.75) is 20.8 Å². The first-order valence-electron chi connectivity index (χ1n) is 9.34. The molecule has 156 valence electrons. The fraction of sp³-hybridized carbons (Fsp3) is 0.261. The number of nitriles is 1. The molecule has 0 heterocycles. The smallest absolute Gasteiger partial charge is 0.344 e. The quantitative estimate of drug-likeness (QED) is 0.405. The van der Waals surface area contributed by atoms with E-state index >= 15 is 0 Å². The van der Waals surface area contributed by atoms with Crippen LogP contribution in [0.25, 0.3) is 6.08 Å². The van der Waals surface area contributed by atoms with E-state index in [9.17, 15) is 14.9 Å². The highest BCUT2D eigenvalue weighted by Gasteiger charge is 2.13. The van der Waals surface area contributed by atoms with Gasteiger partial charge in [-0.2, -0.15) is 5.26 Å².